The largest absolute Gasteiger partial charge is 0.252 e. The van der Waals surface area contributed by atoms with Gasteiger partial charge in [0.05, 0.1) is 24.7 Å². The van der Waals surface area contributed by atoms with Crippen LogP contribution in [0.1, 0.15) is 11.1 Å². The lowest BCUT2D eigenvalue weighted by molar-refractivity contribution is 0.635. The highest BCUT2D eigenvalue weighted by Gasteiger charge is 2.22. The molecule has 0 N–H and O–H groups in total. The zero-order valence-electron chi connectivity index (χ0n) is 17.9. The van der Waals surface area contributed by atoms with Crippen LogP contribution in [0.5, 0.6) is 0 Å². The minimum absolute atomic E-state index is 0.241. The van der Waals surface area contributed by atoms with Crippen LogP contribution < -0.4 is 5.19 Å². The molecule has 0 unspecified atom stereocenters. The molecule has 0 radical (unpaired) electrons. The van der Waals surface area contributed by atoms with Gasteiger partial charge in [-0.25, -0.2) is 4.39 Å². The number of fused-ring (bicyclic) bond motifs is 4. The van der Waals surface area contributed by atoms with Crippen LogP contribution in [0.2, 0.25) is 19.6 Å². The number of nitrogens with zero attached hydrogens (tertiary/aromatic N) is 1. The van der Waals surface area contributed by atoms with Gasteiger partial charge in [0.15, 0.2) is 5.82 Å². The molecular formula is C26H24FNSSi. The maximum atomic E-state index is 15.0. The van der Waals surface area contributed by atoms with Crippen LogP contribution >= 0.6 is 11.3 Å². The molecule has 0 spiro atoms. The highest BCUT2D eigenvalue weighted by Crippen LogP contribution is 2.42. The zero-order chi connectivity index (χ0) is 21.2. The highest BCUT2D eigenvalue weighted by atomic mass is 32.1. The molecule has 1 nitrogen and oxygen atoms in total. The number of thiophene rings is 1. The van der Waals surface area contributed by atoms with Gasteiger partial charge in [0, 0.05) is 21.0 Å². The van der Waals surface area contributed by atoms with Gasteiger partial charge in [-0.3, -0.25) is 4.98 Å². The van der Waals surface area contributed by atoms with Crippen LogP contribution in [0.3, 0.4) is 0 Å². The lowest BCUT2D eigenvalue weighted by atomic mass is 10.0. The minimum Gasteiger partial charge on any atom is -0.252 e. The molecule has 5 aromatic rings. The standard InChI is InChI=1S/C26H24FNSSi/c1-15-10-11-20-23-21(27)14-28-24(26(23)29-25(20)16(15)2)18-12-17-8-6-7-9-19(17)22(13-18)30(3,4)5/h6-14H,1-5H3. The van der Waals surface area contributed by atoms with Gasteiger partial charge in [0.25, 0.3) is 0 Å². The molecule has 0 amide bonds. The summed E-state index contributed by atoms with van der Waals surface area (Å²) in [4.78, 5) is 4.60. The Bertz CT molecular complexity index is 1460. The van der Waals surface area contributed by atoms with Crippen molar-refractivity contribution in [3.63, 3.8) is 0 Å². The Morgan fingerprint density at radius 2 is 1.67 bits per heavy atom. The Morgan fingerprint density at radius 3 is 2.43 bits per heavy atom. The fourth-order valence-corrected chi connectivity index (χ4v) is 7.31. The van der Waals surface area contributed by atoms with E-state index in [0.717, 1.165) is 26.0 Å². The van der Waals surface area contributed by atoms with Crippen molar-refractivity contribution in [2.24, 2.45) is 0 Å². The molecule has 0 aliphatic heterocycles. The van der Waals surface area contributed by atoms with Gasteiger partial charge in [-0.2, -0.15) is 0 Å². The maximum absolute atomic E-state index is 15.0. The van der Waals surface area contributed by atoms with Crippen LogP contribution in [0, 0.1) is 19.7 Å². The molecule has 30 heavy (non-hydrogen) atoms. The zero-order valence-corrected chi connectivity index (χ0v) is 19.7. The number of halogens is 1. The van der Waals surface area contributed by atoms with Gasteiger partial charge in [0.1, 0.15) is 0 Å². The molecule has 2 aromatic heterocycles. The molecule has 3 aromatic carbocycles. The van der Waals surface area contributed by atoms with Gasteiger partial charge in [0.2, 0.25) is 0 Å². The molecule has 5 rings (SSSR count). The summed E-state index contributed by atoms with van der Waals surface area (Å²) in [7, 11) is -1.59. The van der Waals surface area contributed by atoms with E-state index in [1.165, 1.54) is 33.3 Å². The van der Waals surface area contributed by atoms with Crippen LogP contribution in [0.25, 0.3) is 42.2 Å². The summed E-state index contributed by atoms with van der Waals surface area (Å²) in [5.74, 6) is -0.241. The second kappa shape index (κ2) is 6.72. The monoisotopic (exact) mass is 429 g/mol. The fourth-order valence-electron chi connectivity index (χ4n) is 4.32. The van der Waals surface area contributed by atoms with Crippen LogP contribution in [0.15, 0.2) is 54.7 Å². The summed E-state index contributed by atoms with van der Waals surface area (Å²) in [5.41, 5.74) is 4.42. The first kappa shape index (κ1) is 19.4. The third-order valence-electron chi connectivity index (χ3n) is 6.08. The molecule has 0 fully saturated rings. The quantitative estimate of drug-likeness (QED) is 0.264. The van der Waals surface area contributed by atoms with E-state index in [1.54, 1.807) is 11.3 Å². The average Bonchev–Trinajstić information content (AvgIpc) is 3.10. The van der Waals surface area contributed by atoms with E-state index in [2.05, 4.69) is 87.0 Å². The van der Waals surface area contributed by atoms with E-state index < -0.39 is 8.07 Å². The van der Waals surface area contributed by atoms with Crippen LogP contribution in [-0.4, -0.2) is 13.1 Å². The Hall–Kier alpha value is -2.56. The van der Waals surface area contributed by atoms with Gasteiger partial charge in [-0.15, -0.1) is 11.3 Å². The van der Waals surface area contributed by atoms with E-state index in [-0.39, 0.29) is 5.82 Å². The summed E-state index contributed by atoms with van der Waals surface area (Å²) in [6.07, 6.45) is 1.39. The van der Waals surface area contributed by atoms with Gasteiger partial charge in [-0.05, 0) is 41.8 Å². The second-order valence-electron chi connectivity index (χ2n) is 9.14. The van der Waals surface area contributed by atoms with Crippen molar-refractivity contribution in [1.29, 1.82) is 0 Å². The van der Waals surface area contributed by atoms with Crippen molar-refractivity contribution in [2.75, 3.05) is 0 Å². The molecule has 0 atom stereocenters. The predicted octanol–water partition coefficient (Wildman–Crippen LogP) is 7.57. The molecule has 0 aliphatic rings. The van der Waals surface area contributed by atoms with Crippen LogP contribution in [0.4, 0.5) is 4.39 Å². The molecule has 150 valence electrons. The lowest BCUT2D eigenvalue weighted by Gasteiger charge is -2.21. The number of pyridine rings is 1. The van der Waals surface area contributed by atoms with Crippen molar-refractivity contribution in [2.45, 2.75) is 33.5 Å². The molecule has 2 heterocycles. The molecule has 0 saturated heterocycles. The topological polar surface area (TPSA) is 12.9 Å². The SMILES string of the molecule is Cc1ccc2c(sc3c(-c4cc([Si](C)(C)C)c5ccccc5c4)ncc(F)c32)c1C. The summed E-state index contributed by atoms with van der Waals surface area (Å²) in [6, 6.07) is 17.2. The summed E-state index contributed by atoms with van der Waals surface area (Å²) in [6.45, 7) is 11.4. The van der Waals surface area contributed by atoms with E-state index in [9.17, 15) is 4.39 Å². The molecule has 0 saturated carbocycles. The van der Waals surface area contributed by atoms with Gasteiger partial charge in [-0.1, -0.05) is 67.3 Å². The van der Waals surface area contributed by atoms with Gasteiger partial charge < -0.3 is 0 Å². The number of hydrogen-bond acceptors (Lipinski definition) is 2. The first-order chi connectivity index (χ1) is 14.3. The van der Waals surface area contributed by atoms with Crippen molar-refractivity contribution < 1.29 is 4.39 Å². The second-order valence-corrected chi connectivity index (χ2v) is 15.2. The molecule has 0 bridgehead atoms. The van der Waals surface area contributed by atoms with Crippen LogP contribution in [-0.2, 0) is 0 Å². The summed E-state index contributed by atoms with van der Waals surface area (Å²) >= 11 is 1.67. The van der Waals surface area contributed by atoms with E-state index in [1.807, 2.05) is 0 Å². The number of rotatable bonds is 2. The first-order valence-electron chi connectivity index (χ1n) is 10.3. The Morgan fingerprint density at radius 1 is 0.900 bits per heavy atom. The van der Waals surface area contributed by atoms with Crippen molar-refractivity contribution in [1.82, 2.24) is 4.98 Å². The lowest BCUT2D eigenvalue weighted by Crippen LogP contribution is -2.38. The highest BCUT2D eigenvalue weighted by molar-refractivity contribution is 7.26. The Balaban J connectivity index is 1.90. The minimum atomic E-state index is -1.59. The number of aromatic nitrogens is 1. The maximum Gasteiger partial charge on any atom is 0.150 e. The number of aryl methyl sites for hydroxylation is 2. The third kappa shape index (κ3) is 2.89. The normalized spacial score (nSPS) is 12.3. The smallest absolute Gasteiger partial charge is 0.150 e. The van der Waals surface area contributed by atoms with Crippen molar-refractivity contribution >= 4 is 55.5 Å². The molecule has 0 aliphatic carbocycles. The van der Waals surface area contributed by atoms with Crippen molar-refractivity contribution in [3.05, 3.63) is 71.7 Å². The van der Waals surface area contributed by atoms with Gasteiger partial charge >= 0.3 is 0 Å². The first-order valence-corrected chi connectivity index (χ1v) is 14.6. The number of hydrogen-bond donors (Lipinski definition) is 0. The fraction of sp³-hybridized carbons (Fsp3) is 0.192. The predicted molar refractivity (Wildman–Crippen MR) is 132 cm³/mol. The Labute approximate surface area is 181 Å². The Kier molecular flexibility index (Phi) is 4.35. The third-order valence-corrected chi connectivity index (χ3v) is 9.44. The molecule has 4 heteroatoms. The molecular weight excluding hydrogens is 405 g/mol. The van der Waals surface area contributed by atoms with E-state index in [0.29, 0.717) is 5.39 Å². The van der Waals surface area contributed by atoms with E-state index >= 15 is 0 Å². The van der Waals surface area contributed by atoms with Crippen molar-refractivity contribution in [3.8, 4) is 11.3 Å². The number of benzene rings is 3. The summed E-state index contributed by atoms with van der Waals surface area (Å²) in [5, 5.41) is 5.65. The average molecular weight is 430 g/mol. The summed E-state index contributed by atoms with van der Waals surface area (Å²) < 4.78 is 17.0. The van der Waals surface area contributed by atoms with E-state index in [4.69, 9.17) is 0 Å².